The van der Waals surface area contributed by atoms with Crippen LogP contribution >= 0.6 is 0 Å². The van der Waals surface area contributed by atoms with Gasteiger partial charge in [-0.05, 0) is 81.8 Å². The number of fused-ring (bicyclic) bond motifs is 1. The van der Waals surface area contributed by atoms with Crippen LogP contribution in [0.4, 0.5) is 13.2 Å². The Labute approximate surface area is 219 Å². The van der Waals surface area contributed by atoms with E-state index in [1.54, 1.807) is 0 Å². The fraction of sp³-hybridized carbons (Fsp3) is 0.962. The summed E-state index contributed by atoms with van der Waals surface area (Å²) < 4.78 is 39.7. The van der Waals surface area contributed by atoms with Crippen LogP contribution in [0.15, 0.2) is 0 Å². The van der Waals surface area contributed by atoms with Crippen molar-refractivity contribution < 1.29 is 13.2 Å². The summed E-state index contributed by atoms with van der Waals surface area (Å²) in [7, 11) is 3.84. The molecule has 0 spiro atoms. The lowest BCUT2D eigenvalue weighted by Crippen LogP contribution is -2.68. The lowest BCUT2D eigenvalue weighted by Gasteiger charge is -2.46. The minimum absolute atomic E-state index is 0.0318. The number of piperidine rings is 1. The molecule has 7 atom stereocenters. The molecule has 0 amide bonds. The standard InChI is InChI=1S/C26H47F3N8/c1-15(2)19-11-31-10-9-18(19)22-32-12-20-24(34-22)37(25(30)36(20)4)13-16-5-7-17(8-6-16)23-33-21(14-35(23)3)26(27,28)29/h15-24,30-34H,5-14H2,1-4H3. The van der Waals surface area contributed by atoms with Crippen molar-refractivity contribution in [3.8, 4) is 0 Å². The number of hydrogen-bond donors (Lipinski definition) is 5. The lowest BCUT2D eigenvalue weighted by atomic mass is 9.77. The number of nitrogens with one attached hydrogen (secondary N) is 5. The maximum atomic E-state index is 13.2. The van der Waals surface area contributed by atoms with Crippen LogP contribution in [0.25, 0.3) is 0 Å². The first-order valence-corrected chi connectivity index (χ1v) is 14.4. The van der Waals surface area contributed by atoms with Gasteiger partial charge in [-0.1, -0.05) is 13.8 Å². The molecular weight excluding hydrogens is 481 g/mol. The maximum Gasteiger partial charge on any atom is 0.405 e. The van der Waals surface area contributed by atoms with Crippen LogP contribution < -0.4 is 21.3 Å². The molecule has 5 fully saturated rings. The molecule has 5 rings (SSSR count). The van der Waals surface area contributed by atoms with Gasteiger partial charge in [0.05, 0.1) is 18.4 Å². The van der Waals surface area contributed by atoms with E-state index in [1.807, 2.05) is 19.0 Å². The molecule has 5 N–H and O–H groups in total. The zero-order valence-electron chi connectivity index (χ0n) is 22.8. The van der Waals surface area contributed by atoms with E-state index in [9.17, 15) is 13.2 Å². The fourth-order valence-electron chi connectivity index (χ4n) is 7.82. The first-order chi connectivity index (χ1) is 17.5. The number of nitrogens with zero attached hydrogens (tertiary/aromatic N) is 3. The highest BCUT2D eigenvalue weighted by Gasteiger charge is 2.50. The van der Waals surface area contributed by atoms with Crippen molar-refractivity contribution in [3.05, 3.63) is 0 Å². The van der Waals surface area contributed by atoms with E-state index < -0.39 is 12.2 Å². The average Bonchev–Trinajstić information content (AvgIpc) is 3.38. The minimum atomic E-state index is -4.19. The predicted molar refractivity (Wildman–Crippen MR) is 139 cm³/mol. The summed E-state index contributed by atoms with van der Waals surface area (Å²) in [6, 6.07) is -1.19. The Morgan fingerprint density at radius 3 is 2.38 bits per heavy atom. The Kier molecular flexibility index (Phi) is 8.00. The maximum absolute atomic E-state index is 13.2. The summed E-state index contributed by atoms with van der Waals surface area (Å²) in [4.78, 5) is 6.22. The summed E-state index contributed by atoms with van der Waals surface area (Å²) in [6.07, 6.45) is 1.02. The first-order valence-electron chi connectivity index (χ1n) is 14.4. The second-order valence-electron chi connectivity index (χ2n) is 12.6. The van der Waals surface area contributed by atoms with E-state index in [1.165, 1.54) is 0 Å². The van der Waals surface area contributed by atoms with Gasteiger partial charge in [-0.15, -0.1) is 0 Å². The van der Waals surface area contributed by atoms with Gasteiger partial charge >= 0.3 is 6.18 Å². The van der Waals surface area contributed by atoms with E-state index in [2.05, 4.69) is 44.9 Å². The van der Waals surface area contributed by atoms with Gasteiger partial charge in [0.25, 0.3) is 0 Å². The number of guanidine groups is 1. The molecule has 0 bridgehead atoms. The smallest absolute Gasteiger partial charge is 0.338 e. The Balaban J connectivity index is 1.19. The number of hydrogen-bond acceptors (Lipinski definition) is 6. The van der Waals surface area contributed by atoms with Crippen LogP contribution in [-0.2, 0) is 0 Å². The highest BCUT2D eigenvalue weighted by Crippen LogP contribution is 2.37. The van der Waals surface area contributed by atoms with Gasteiger partial charge in [-0.25, -0.2) is 0 Å². The molecule has 7 unspecified atom stereocenters. The molecule has 0 radical (unpaired) electrons. The molecule has 11 heteroatoms. The molecule has 212 valence electrons. The van der Waals surface area contributed by atoms with Crippen LogP contribution in [0, 0.1) is 35.0 Å². The SMILES string of the molecule is CC(C)C1CNCCC1C1NCC2C(N1)N(CC1CCC(C3NC(C(F)(F)F)CN3C)CC1)C(=N)N2C. The molecule has 1 aliphatic carbocycles. The second-order valence-corrected chi connectivity index (χ2v) is 12.6. The van der Waals surface area contributed by atoms with Crippen molar-refractivity contribution in [2.75, 3.05) is 46.8 Å². The molecule has 0 aromatic heterocycles. The average molecular weight is 529 g/mol. The third-order valence-corrected chi connectivity index (χ3v) is 10.1. The Hall–Kier alpha value is -1.14. The molecule has 37 heavy (non-hydrogen) atoms. The van der Waals surface area contributed by atoms with Crippen LogP contribution in [0.1, 0.15) is 46.0 Å². The zero-order valence-corrected chi connectivity index (χ0v) is 22.8. The quantitative estimate of drug-likeness (QED) is 0.373. The lowest BCUT2D eigenvalue weighted by molar-refractivity contribution is -0.150. The van der Waals surface area contributed by atoms with E-state index in [-0.39, 0.29) is 37.0 Å². The minimum Gasteiger partial charge on any atom is -0.338 e. The zero-order chi connectivity index (χ0) is 26.5. The van der Waals surface area contributed by atoms with Crippen LogP contribution in [0.2, 0.25) is 0 Å². The van der Waals surface area contributed by atoms with Crippen molar-refractivity contribution in [1.82, 2.24) is 36.0 Å². The van der Waals surface area contributed by atoms with Crippen LogP contribution in [0.5, 0.6) is 0 Å². The largest absolute Gasteiger partial charge is 0.405 e. The third-order valence-electron chi connectivity index (χ3n) is 10.1. The molecule has 0 aromatic rings. The Morgan fingerprint density at radius 1 is 1.00 bits per heavy atom. The monoisotopic (exact) mass is 528 g/mol. The van der Waals surface area contributed by atoms with E-state index in [0.29, 0.717) is 29.6 Å². The summed E-state index contributed by atoms with van der Waals surface area (Å²) >= 11 is 0. The molecule has 1 saturated carbocycles. The van der Waals surface area contributed by atoms with Gasteiger partial charge in [0.2, 0.25) is 0 Å². The van der Waals surface area contributed by atoms with Crippen molar-refractivity contribution in [2.45, 2.75) is 82.7 Å². The summed E-state index contributed by atoms with van der Waals surface area (Å²) in [6.45, 7) is 8.51. The molecular formula is C26H47F3N8. The van der Waals surface area contributed by atoms with Crippen molar-refractivity contribution in [2.24, 2.45) is 29.6 Å². The van der Waals surface area contributed by atoms with E-state index >= 15 is 0 Å². The van der Waals surface area contributed by atoms with E-state index in [0.717, 1.165) is 58.3 Å². The van der Waals surface area contributed by atoms with E-state index in [4.69, 9.17) is 5.41 Å². The van der Waals surface area contributed by atoms with Crippen LogP contribution in [-0.4, -0.2) is 104 Å². The molecule has 4 saturated heterocycles. The van der Waals surface area contributed by atoms with Crippen molar-refractivity contribution in [3.63, 3.8) is 0 Å². The molecule has 4 heterocycles. The predicted octanol–water partition coefficient (Wildman–Crippen LogP) is 1.86. The van der Waals surface area contributed by atoms with Gasteiger partial charge < -0.3 is 15.1 Å². The summed E-state index contributed by atoms with van der Waals surface area (Å²) in [5.41, 5.74) is 0. The van der Waals surface area contributed by atoms with Gasteiger partial charge in [-0.3, -0.25) is 26.3 Å². The number of halogens is 3. The fourth-order valence-corrected chi connectivity index (χ4v) is 7.82. The number of alkyl halides is 3. The molecule has 4 aliphatic heterocycles. The Bertz CT molecular complexity index is 801. The van der Waals surface area contributed by atoms with Gasteiger partial charge in [0, 0.05) is 26.7 Å². The van der Waals surface area contributed by atoms with Gasteiger partial charge in [0.15, 0.2) is 5.96 Å². The highest BCUT2D eigenvalue weighted by molar-refractivity contribution is 5.80. The summed E-state index contributed by atoms with van der Waals surface area (Å²) in [5, 5.41) is 23.0. The van der Waals surface area contributed by atoms with Crippen molar-refractivity contribution in [1.29, 1.82) is 5.41 Å². The van der Waals surface area contributed by atoms with Gasteiger partial charge in [0.1, 0.15) is 12.2 Å². The topological polar surface area (TPSA) is 81.7 Å². The van der Waals surface area contributed by atoms with Crippen LogP contribution in [0.3, 0.4) is 0 Å². The summed E-state index contributed by atoms with van der Waals surface area (Å²) in [5.74, 6) is 3.10. The molecule has 0 aromatic carbocycles. The highest BCUT2D eigenvalue weighted by atomic mass is 19.4. The normalized spacial score (nSPS) is 42.1. The molecule has 8 nitrogen and oxygen atoms in total. The van der Waals surface area contributed by atoms with Crippen molar-refractivity contribution >= 4 is 5.96 Å². The van der Waals surface area contributed by atoms with Gasteiger partial charge in [-0.2, -0.15) is 13.2 Å². The molecule has 5 aliphatic rings. The third kappa shape index (κ3) is 5.48. The number of rotatable bonds is 5. The number of likely N-dealkylation sites (N-methyl/N-ethyl adjacent to an activating group) is 2. The second kappa shape index (κ2) is 10.8. The Morgan fingerprint density at radius 2 is 1.73 bits per heavy atom. The first kappa shape index (κ1) is 27.4.